The van der Waals surface area contributed by atoms with Gasteiger partial charge in [0.1, 0.15) is 10.8 Å². The molecular weight excluding hydrogens is 327 g/mol. The fourth-order valence-electron chi connectivity index (χ4n) is 1.63. The number of nitrogens with one attached hydrogen (secondary N) is 1. The van der Waals surface area contributed by atoms with Crippen molar-refractivity contribution in [1.82, 2.24) is 0 Å². The first-order chi connectivity index (χ1) is 8.97. The van der Waals surface area contributed by atoms with Gasteiger partial charge in [0, 0.05) is 21.4 Å². The van der Waals surface area contributed by atoms with Crippen molar-refractivity contribution in [2.75, 3.05) is 5.32 Å². The molecule has 0 unspecified atom stereocenters. The Morgan fingerprint density at radius 1 is 1.21 bits per heavy atom. The van der Waals surface area contributed by atoms with E-state index in [1.54, 1.807) is 12.1 Å². The van der Waals surface area contributed by atoms with Gasteiger partial charge in [-0.1, -0.05) is 34.2 Å². The molecule has 2 nitrogen and oxygen atoms in total. The first kappa shape index (κ1) is 14.0. The van der Waals surface area contributed by atoms with Gasteiger partial charge in [0.15, 0.2) is 0 Å². The molecule has 0 fully saturated rings. The lowest BCUT2D eigenvalue weighted by Gasteiger charge is -2.09. The number of halogens is 2. The summed E-state index contributed by atoms with van der Waals surface area (Å²) in [6, 6.07) is 10.5. The highest BCUT2D eigenvalue weighted by molar-refractivity contribution is 9.10. The number of thiocarbonyl (C=S) groups is 1. The number of rotatable bonds is 3. The van der Waals surface area contributed by atoms with Gasteiger partial charge in [0.2, 0.25) is 0 Å². The molecular formula is C14H12BrFN2S. The number of hydrogen-bond acceptors (Lipinski definition) is 2. The van der Waals surface area contributed by atoms with E-state index in [0.29, 0.717) is 5.69 Å². The first-order valence-electron chi connectivity index (χ1n) is 5.60. The molecule has 0 bridgehead atoms. The van der Waals surface area contributed by atoms with Gasteiger partial charge in [-0.2, -0.15) is 0 Å². The molecule has 0 spiro atoms. The zero-order valence-electron chi connectivity index (χ0n) is 10.2. The molecule has 0 aliphatic carbocycles. The zero-order valence-corrected chi connectivity index (χ0v) is 12.6. The van der Waals surface area contributed by atoms with E-state index in [1.807, 2.05) is 25.1 Å². The molecule has 0 heterocycles. The Morgan fingerprint density at radius 2 is 1.84 bits per heavy atom. The molecule has 0 aromatic heterocycles. The van der Waals surface area contributed by atoms with Crippen molar-refractivity contribution in [2.24, 2.45) is 5.73 Å². The van der Waals surface area contributed by atoms with Crippen LogP contribution in [0.1, 0.15) is 11.1 Å². The lowest BCUT2D eigenvalue weighted by Crippen LogP contribution is -2.11. The molecule has 2 aromatic rings. The highest BCUT2D eigenvalue weighted by Crippen LogP contribution is 2.24. The number of hydrogen-bond donors (Lipinski definition) is 2. The molecule has 0 aliphatic heterocycles. The van der Waals surface area contributed by atoms with Gasteiger partial charge in [0.05, 0.1) is 0 Å². The summed E-state index contributed by atoms with van der Waals surface area (Å²) in [5.41, 5.74) is 8.33. The minimum atomic E-state index is -0.427. The Hall–Kier alpha value is -1.46. The summed E-state index contributed by atoms with van der Waals surface area (Å²) >= 11 is 8.22. The van der Waals surface area contributed by atoms with E-state index in [9.17, 15) is 4.39 Å². The van der Waals surface area contributed by atoms with Gasteiger partial charge in [-0.3, -0.25) is 0 Å². The highest BCUT2D eigenvalue weighted by Gasteiger charge is 2.06. The van der Waals surface area contributed by atoms with Crippen LogP contribution in [0.5, 0.6) is 0 Å². The summed E-state index contributed by atoms with van der Waals surface area (Å²) in [4.78, 5) is 0.0575. The number of aryl methyl sites for hydroxylation is 1. The van der Waals surface area contributed by atoms with Crippen molar-refractivity contribution in [3.8, 4) is 0 Å². The van der Waals surface area contributed by atoms with Crippen molar-refractivity contribution >= 4 is 44.5 Å². The van der Waals surface area contributed by atoms with E-state index in [-0.39, 0.29) is 10.6 Å². The van der Waals surface area contributed by atoms with Crippen molar-refractivity contribution in [3.63, 3.8) is 0 Å². The summed E-state index contributed by atoms with van der Waals surface area (Å²) < 4.78 is 14.7. The van der Waals surface area contributed by atoms with Crippen molar-refractivity contribution in [2.45, 2.75) is 6.92 Å². The predicted octanol–water partition coefficient (Wildman–Crippen LogP) is 4.27. The van der Waals surface area contributed by atoms with Gasteiger partial charge in [-0.05, 0) is 42.8 Å². The smallest absolute Gasteiger partial charge is 0.135 e. The Kier molecular flexibility index (Phi) is 4.17. The Balaban J connectivity index is 2.26. The average molecular weight is 339 g/mol. The summed E-state index contributed by atoms with van der Waals surface area (Å²) in [7, 11) is 0. The van der Waals surface area contributed by atoms with Crippen LogP contribution in [-0.2, 0) is 0 Å². The van der Waals surface area contributed by atoms with Crippen molar-refractivity contribution in [1.29, 1.82) is 0 Å². The summed E-state index contributed by atoms with van der Waals surface area (Å²) in [5, 5.41) is 3.12. The Morgan fingerprint density at radius 3 is 2.42 bits per heavy atom. The van der Waals surface area contributed by atoms with E-state index in [4.69, 9.17) is 18.0 Å². The highest BCUT2D eigenvalue weighted by atomic mass is 79.9. The van der Waals surface area contributed by atoms with E-state index in [1.165, 1.54) is 6.07 Å². The quantitative estimate of drug-likeness (QED) is 0.820. The first-order valence-corrected chi connectivity index (χ1v) is 6.80. The number of benzene rings is 2. The maximum absolute atomic E-state index is 13.7. The molecule has 2 rings (SSSR count). The third-order valence-electron chi connectivity index (χ3n) is 2.70. The molecule has 0 aliphatic rings. The molecule has 3 N–H and O–H groups in total. The summed E-state index contributed by atoms with van der Waals surface area (Å²) in [6.45, 7) is 2.00. The average Bonchev–Trinajstić information content (AvgIpc) is 2.33. The Bertz CT molecular complexity index is 643. The van der Waals surface area contributed by atoms with Gasteiger partial charge in [-0.25, -0.2) is 4.39 Å². The minimum absolute atomic E-state index is 0.0575. The molecule has 2 aromatic carbocycles. The van der Waals surface area contributed by atoms with Crippen LogP contribution in [0.2, 0.25) is 0 Å². The maximum Gasteiger partial charge on any atom is 0.135 e. The standard InChI is InChI=1S/C14H12BrFN2S/c1-8-2-3-9(6-12(8)15)18-10-4-5-11(14(17)19)13(16)7-10/h2-7,18H,1H3,(H2,17,19). The lowest BCUT2D eigenvalue weighted by atomic mass is 10.1. The fraction of sp³-hybridized carbons (Fsp3) is 0.0714. The topological polar surface area (TPSA) is 38.0 Å². The van der Waals surface area contributed by atoms with Gasteiger partial charge >= 0.3 is 0 Å². The van der Waals surface area contributed by atoms with Crippen LogP contribution in [0.4, 0.5) is 15.8 Å². The van der Waals surface area contributed by atoms with E-state index < -0.39 is 5.82 Å². The monoisotopic (exact) mass is 338 g/mol. The number of anilines is 2. The second kappa shape index (κ2) is 5.67. The molecule has 0 saturated carbocycles. The van der Waals surface area contributed by atoms with Crippen LogP contribution < -0.4 is 11.1 Å². The predicted molar refractivity (Wildman–Crippen MR) is 84.4 cm³/mol. The summed E-state index contributed by atoms with van der Waals surface area (Å²) in [6.07, 6.45) is 0. The normalized spacial score (nSPS) is 10.3. The molecule has 0 atom stereocenters. The summed E-state index contributed by atoms with van der Waals surface area (Å²) in [5.74, 6) is -0.427. The van der Waals surface area contributed by atoms with Gasteiger partial charge in [0.25, 0.3) is 0 Å². The van der Waals surface area contributed by atoms with Crippen LogP contribution in [0, 0.1) is 12.7 Å². The third-order valence-corrected chi connectivity index (χ3v) is 3.77. The van der Waals surface area contributed by atoms with E-state index >= 15 is 0 Å². The van der Waals surface area contributed by atoms with Crippen molar-refractivity contribution < 1.29 is 4.39 Å². The molecule has 19 heavy (non-hydrogen) atoms. The zero-order chi connectivity index (χ0) is 14.0. The van der Waals surface area contributed by atoms with Crippen LogP contribution in [-0.4, -0.2) is 4.99 Å². The molecule has 0 saturated heterocycles. The van der Waals surface area contributed by atoms with Crippen molar-refractivity contribution in [3.05, 3.63) is 57.8 Å². The van der Waals surface area contributed by atoms with Crippen LogP contribution in [0.15, 0.2) is 40.9 Å². The Labute approximate surface area is 124 Å². The fourth-order valence-corrected chi connectivity index (χ4v) is 2.17. The molecule has 5 heteroatoms. The van der Waals surface area contributed by atoms with E-state index in [0.717, 1.165) is 15.7 Å². The van der Waals surface area contributed by atoms with Crippen LogP contribution in [0.3, 0.4) is 0 Å². The second-order valence-electron chi connectivity index (χ2n) is 4.15. The SMILES string of the molecule is Cc1ccc(Nc2ccc(C(N)=S)c(F)c2)cc1Br. The number of nitrogens with two attached hydrogens (primary N) is 1. The van der Waals surface area contributed by atoms with Gasteiger partial charge < -0.3 is 11.1 Å². The third kappa shape index (κ3) is 3.30. The van der Waals surface area contributed by atoms with Crippen LogP contribution >= 0.6 is 28.1 Å². The van der Waals surface area contributed by atoms with Gasteiger partial charge in [-0.15, -0.1) is 0 Å². The van der Waals surface area contributed by atoms with E-state index in [2.05, 4.69) is 21.2 Å². The largest absolute Gasteiger partial charge is 0.389 e. The molecule has 98 valence electrons. The molecule has 0 radical (unpaired) electrons. The lowest BCUT2D eigenvalue weighted by molar-refractivity contribution is 0.626. The minimum Gasteiger partial charge on any atom is -0.389 e. The van der Waals surface area contributed by atoms with Crippen LogP contribution in [0.25, 0.3) is 0 Å². The maximum atomic E-state index is 13.7. The second-order valence-corrected chi connectivity index (χ2v) is 5.44. The molecule has 0 amide bonds.